The lowest BCUT2D eigenvalue weighted by Crippen LogP contribution is -2.15. The lowest BCUT2D eigenvalue weighted by Gasteiger charge is -2.14. The number of aromatic hydroxyl groups is 1. The Morgan fingerprint density at radius 2 is 1.50 bits per heavy atom. The summed E-state index contributed by atoms with van der Waals surface area (Å²) in [7, 11) is 3.79. The van der Waals surface area contributed by atoms with Gasteiger partial charge in [0.1, 0.15) is 0 Å². The average molecular weight is 195 g/mol. The van der Waals surface area contributed by atoms with E-state index >= 15 is 0 Å². The van der Waals surface area contributed by atoms with Crippen LogP contribution < -0.4 is 4.90 Å². The SMILES string of the molecule is CCc1nc(N(C)C)nc(CC)c1O. The first-order chi connectivity index (χ1) is 6.60. The molecule has 0 unspecified atom stereocenters. The molecule has 1 aromatic heterocycles. The van der Waals surface area contributed by atoms with Crippen LogP contribution in [0.3, 0.4) is 0 Å². The lowest BCUT2D eigenvalue weighted by molar-refractivity contribution is 0.453. The van der Waals surface area contributed by atoms with Crippen LogP contribution in [0.5, 0.6) is 5.75 Å². The van der Waals surface area contributed by atoms with Crippen molar-refractivity contribution in [1.82, 2.24) is 9.97 Å². The van der Waals surface area contributed by atoms with Gasteiger partial charge < -0.3 is 10.0 Å². The van der Waals surface area contributed by atoms with Crippen molar-refractivity contribution in [2.45, 2.75) is 26.7 Å². The monoisotopic (exact) mass is 195 g/mol. The Labute approximate surface area is 84.6 Å². The van der Waals surface area contributed by atoms with Crippen molar-refractivity contribution in [3.05, 3.63) is 11.4 Å². The van der Waals surface area contributed by atoms with Crippen LogP contribution in [-0.2, 0) is 12.8 Å². The Morgan fingerprint density at radius 1 is 1.07 bits per heavy atom. The highest BCUT2D eigenvalue weighted by Gasteiger charge is 2.11. The first-order valence-electron chi connectivity index (χ1n) is 4.86. The average Bonchev–Trinajstić information content (AvgIpc) is 2.17. The van der Waals surface area contributed by atoms with Gasteiger partial charge in [-0.1, -0.05) is 13.8 Å². The highest BCUT2D eigenvalue weighted by Crippen LogP contribution is 2.22. The van der Waals surface area contributed by atoms with Crippen molar-refractivity contribution in [3.63, 3.8) is 0 Å². The first kappa shape index (κ1) is 10.8. The Balaban J connectivity index is 3.25. The van der Waals surface area contributed by atoms with E-state index in [1.807, 2.05) is 32.8 Å². The van der Waals surface area contributed by atoms with Crippen molar-refractivity contribution in [3.8, 4) is 5.75 Å². The third kappa shape index (κ3) is 1.95. The van der Waals surface area contributed by atoms with Gasteiger partial charge in [0, 0.05) is 14.1 Å². The zero-order chi connectivity index (χ0) is 10.7. The number of hydrogen-bond acceptors (Lipinski definition) is 4. The molecule has 0 spiro atoms. The molecule has 14 heavy (non-hydrogen) atoms. The molecule has 0 atom stereocenters. The Hall–Kier alpha value is -1.32. The molecular formula is C10H17N3O. The maximum Gasteiger partial charge on any atom is 0.225 e. The third-order valence-electron chi connectivity index (χ3n) is 2.09. The molecule has 1 aromatic rings. The van der Waals surface area contributed by atoms with Gasteiger partial charge in [0.2, 0.25) is 5.95 Å². The summed E-state index contributed by atoms with van der Waals surface area (Å²) in [6.07, 6.45) is 1.45. The minimum Gasteiger partial charge on any atom is -0.504 e. The van der Waals surface area contributed by atoms with E-state index < -0.39 is 0 Å². The van der Waals surface area contributed by atoms with Gasteiger partial charge >= 0.3 is 0 Å². The molecule has 0 aliphatic heterocycles. The molecular weight excluding hydrogens is 178 g/mol. The van der Waals surface area contributed by atoms with Crippen LogP contribution in [0.25, 0.3) is 0 Å². The molecule has 4 nitrogen and oxygen atoms in total. The molecule has 0 amide bonds. The summed E-state index contributed by atoms with van der Waals surface area (Å²) in [4.78, 5) is 10.4. The standard InChI is InChI=1S/C10H17N3O/c1-5-7-9(14)8(6-2)12-10(11-7)13(3)4/h14H,5-6H2,1-4H3. The van der Waals surface area contributed by atoms with Gasteiger partial charge in [0.05, 0.1) is 11.4 Å². The van der Waals surface area contributed by atoms with Crippen LogP contribution in [0.2, 0.25) is 0 Å². The fourth-order valence-electron chi connectivity index (χ4n) is 1.23. The molecule has 1 N–H and O–H groups in total. The third-order valence-corrected chi connectivity index (χ3v) is 2.09. The summed E-state index contributed by atoms with van der Waals surface area (Å²) < 4.78 is 0. The summed E-state index contributed by atoms with van der Waals surface area (Å²) in [6, 6.07) is 0. The number of aryl methyl sites for hydroxylation is 2. The van der Waals surface area contributed by atoms with Crippen LogP contribution >= 0.6 is 0 Å². The Kier molecular flexibility index (Phi) is 3.28. The summed E-state index contributed by atoms with van der Waals surface area (Å²) in [6.45, 7) is 3.95. The second kappa shape index (κ2) is 4.26. The van der Waals surface area contributed by atoms with Crippen molar-refractivity contribution in [2.24, 2.45) is 0 Å². The molecule has 0 aliphatic rings. The molecule has 4 heteroatoms. The molecule has 1 rings (SSSR count). The smallest absolute Gasteiger partial charge is 0.225 e. The van der Waals surface area contributed by atoms with Crippen molar-refractivity contribution in [2.75, 3.05) is 19.0 Å². The molecule has 0 saturated carbocycles. The van der Waals surface area contributed by atoms with Crippen molar-refractivity contribution in [1.29, 1.82) is 0 Å². The largest absolute Gasteiger partial charge is 0.504 e. The van der Waals surface area contributed by atoms with Gasteiger partial charge in [-0.2, -0.15) is 0 Å². The zero-order valence-corrected chi connectivity index (χ0v) is 9.20. The van der Waals surface area contributed by atoms with Gasteiger partial charge in [-0.3, -0.25) is 0 Å². The van der Waals surface area contributed by atoms with E-state index in [4.69, 9.17) is 0 Å². The quantitative estimate of drug-likeness (QED) is 0.791. The van der Waals surface area contributed by atoms with Crippen LogP contribution in [0.1, 0.15) is 25.2 Å². The molecule has 0 aromatic carbocycles. The van der Waals surface area contributed by atoms with Crippen LogP contribution in [0.15, 0.2) is 0 Å². The Bertz CT molecular complexity index is 298. The number of rotatable bonds is 3. The summed E-state index contributed by atoms with van der Waals surface area (Å²) >= 11 is 0. The molecule has 78 valence electrons. The van der Waals surface area contributed by atoms with E-state index in [1.165, 1.54) is 0 Å². The number of anilines is 1. The molecule has 0 radical (unpaired) electrons. The van der Waals surface area contributed by atoms with E-state index in [0.717, 1.165) is 24.2 Å². The number of hydrogen-bond donors (Lipinski definition) is 1. The second-order valence-electron chi connectivity index (χ2n) is 3.37. The predicted octanol–water partition coefficient (Wildman–Crippen LogP) is 1.37. The van der Waals surface area contributed by atoms with Crippen molar-refractivity contribution >= 4 is 5.95 Å². The number of nitrogens with zero attached hydrogens (tertiary/aromatic N) is 3. The number of aromatic nitrogens is 2. The first-order valence-corrected chi connectivity index (χ1v) is 4.86. The minimum atomic E-state index is 0.251. The lowest BCUT2D eigenvalue weighted by atomic mass is 10.2. The van der Waals surface area contributed by atoms with Crippen LogP contribution in [-0.4, -0.2) is 29.2 Å². The van der Waals surface area contributed by atoms with E-state index in [9.17, 15) is 5.11 Å². The molecule has 0 bridgehead atoms. The maximum atomic E-state index is 9.75. The summed E-state index contributed by atoms with van der Waals surface area (Å²) in [5.74, 6) is 0.914. The van der Waals surface area contributed by atoms with Gasteiger partial charge in [-0.05, 0) is 12.8 Å². The molecule has 0 saturated heterocycles. The highest BCUT2D eigenvalue weighted by molar-refractivity contribution is 5.39. The van der Waals surface area contributed by atoms with E-state index in [-0.39, 0.29) is 5.75 Å². The van der Waals surface area contributed by atoms with E-state index in [0.29, 0.717) is 5.95 Å². The normalized spacial score (nSPS) is 10.3. The van der Waals surface area contributed by atoms with E-state index in [2.05, 4.69) is 9.97 Å². The summed E-state index contributed by atoms with van der Waals surface area (Å²) in [5.41, 5.74) is 1.45. The minimum absolute atomic E-state index is 0.251. The molecule has 0 aliphatic carbocycles. The van der Waals surface area contributed by atoms with Crippen LogP contribution in [0, 0.1) is 0 Å². The molecule has 1 heterocycles. The fourth-order valence-corrected chi connectivity index (χ4v) is 1.23. The van der Waals surface area contributed by atoms with Crippen molar-refractivity contribution < 1.29 is 5.11 Å². The van der Waals surface area contributed by atoms with Crippen LogP contribution in [0.4, 0.5) is 5.95 Å². The predicted molar refractivity (Wildman–Crippen MR) is 56.8 cm³/mol. The van der Waals surface area contributed by atoms with Gasteiger partial charge in [-0.15, -0.1) is 0 Å². The van der Waals surface area contributed by atoms with Gasteiger partial charge in [0.25, 0.3) is 0 Å². The molecule has 0 fully saturated rings. The zero-order valence-electron chi connectivity index (χ0n) is 9.20. The second-order valence-corrected chi connectivity index (χ2v) is 3.37. The van der Waals surface area contributed by atoms with E-state index in [1.54, 1.807) is 0 Å². The highest BCUT2D eigenvalue weighted by atomic mass is 16.3. The Morgan fingerprint density at radius 3 is 1.79 bits per heavy atom. The fraction of sp³-hybridized carbons (Fsp3) is 0.600. The van der Waals surface area contributed by atoms with Gasteiger partial charge in [-0.25, -0.2) is 9.97 Å². The topological polar surface area (TPSA) is 49.2 Å². The maximum absolute atomic E-state index is 9.75. The van der Waals surface area contributed by atoms with Gasteiger partial charge in [0.15, 0.2) is 5.75 Å². The summed E-state index contributed by atoms with van der Waals surface area (Å²) in [5, 5.41) is 9.75.